The van der Waals surface area contributed by atoms with Crippen LogP contribution in [0.25, 0.3) is 10.8 Å². The molecule has 4 aromatic rings. The maximum absolute atomic E-state index is 13.4. The Morgan fingerprint density at radius 3 is 2.17 bits per heavy atom. The van der Waals surface area contributed by atoms with Crippen LogP contribution in [0.1, 0.15) is 42.1 Å². The van der Waals surface area contributed by atoms with Gasteiger partial charge in [-0.15, -0.1) is 0 Å². The summed E-state index contributed by atoms with van der Waals surface area (Å²) in [6, 6.07) is 20.9. The molecule has 0 bridgehead atoms. The van der Waals surface area contributed by atoms with Crippen molar-refractivity contribution in [3.63, 3.8) is 0 Å². The summed E-state index contributed by atoms with van der Waals surface area (Å²) in [6.45, 7) is 3.02. The summed E-state index contributed by atoms with van der Waals surface area (Å²) >= 11 is 0. The lowest BCUT2D eigenvalue weighted by Crippen LogP contribution is -3.12. The standard InChI is InChI=1S/C29H29F2N3O.ClH/c30-23-11-7-21(8-12-23)15-18-33-17-3-4-25(16-19-33)34-29(35)27-6-2-1-5-26(27)28(32-34)20-22-9-13-24(31)14-10-22;/h1-2,5-14,25H,3-4,15-20H2;1H. The number of nitrogens with zero attached hydrogens (tertiary/aromatic N) is 2. The Bertz CT molecular complexity index is 1360. The number of fused-ring (bicyclic) bond motifs is 1. The lowest BCUT2D eigenvalue weighted by Gasteiger charge is -2.19. The third-order valence-electron chi connectivity index (χ3n) is 7.11. The van der Waals surface area contributed by atoms with Gasteiger partial charge in [0, 0.05) is 24.6 Å². The molecule has 0 aliphatic carbocycles. The predicted molar refractivity (Wildman–Crippen MR) is 134 cm³/mol. The quantitative estimate of drug-likeness (QED) is 0.423. The van der Waals surface area contributed by atoms with Gasteiger partial charge in [0.05, 0.1) is 36.8 Å². The lowest BCUT2D eigenvalue weighted by atomic mass is 10.0. The molecule has 2 unspecified atom stereocenters. The van der Waals surface area contributed by atoms with Crippen molar-refractivity contribution in [3.8, 4) is 0 Å². The van der Waals surface area contributed by atoms with Crippen LogP contribution < -0.4 is 22.9 Å². The summed E-state index contributed by atoms with van der Waals surface area (Å²) in [4.78, 5) is 14.9. The van der Waals surface area contributed by atoms with E-state index in [4.69, 9.17) is 5.10 Å². The molecule has 2 heterocycles. The molecule has 1 aromatic heterocycles. The number of hydrogen-bond donors (Lipinski definition) is 1. The largest absolute Gasteiger partial charge is 1.00 e. The number of rotatable bonds is 6. The van der Waals surface area contributed by atoms with E-state index in [1.807, 2.05) is 36.4 Å². The average Bonchev–Trinajstić information content (AvgIpc) is 3.12. The number of likely N-dealkylation sites (tertiary alicyclic amines) is 1. The van der Waals surface area contributed by atoms with Gasteiger partial charge in [0.15, 0.2) is 0 Å². The van der Waals surface area contributed by atoms with Gasteiger partial charge in [0.2, 0.25) is 0 Å². The van der Waals surface area contributed by atoms with Crippen LogP contribution in [0.15, 0.2) is 77.6 Å². The maximum Gasteiger partial charge on any atom is 0.274 e. The molecule has 1 aliphatic heterocycles. The molecule has 2 atom stereocenters. The van der Waals surface area contributed by atoms with Gasteiger partial charge < -0.3 is 17.3 Å². The van der Waals surface area contributed by atoms with E-state index < -0.39 is 0 Å². The molecule has 7 heteroatoms. The van der Waals surface area contributed by atoms with Gasteiger partial charge in [-0.05, 0) is 54.3 Å². The molecule has 3 aromatic carbocycles. The van der Waals surface area contributed by atoms with Gasteiger partial charge in [0.1, 0.15) is 11.6 Å². The normalized spacial score (nSPS) is 17.9. The molecule has 188 valence electrons. The fourth-order valence-corrected chi connectivity index (χ4v) is 5.14. The molecule has 0 amide bonds. The van der Waals surface area contributed by atoms with E-state index in [9.17, 15) is 13.6 Å². The summed E-state index contributed by atoms with van der Waals surface area (Å²) in [5.74, 6) is -0.465. The monoisotopic (exact) mass is 509 g/mol. The van der Waals surface area contributed by atoms with Crippen molar-refractivity contribution < 1.29 is 26.1 Å². The van der Waals surface area contributed by atoms with Crippen LogP contribution in [0.3, 0.4) is 0 Å². The zero-order valence-electron chi connectivity index (χ0n) is 20.1. The molecule has 0 radical (unpaired) electrons. The second-order valence-corrected chi connectivity index (χ2v) is 9.51. The third kappa shape index (κ3) is 6.00. The van der Waals surface area contributed by atoms with Crippen LogP contribution in [-0.4, -0.2) is 29.4 Å². The fraction of sp³-hybridized carbons (Fsp3) is 0.310. The van der Waals surface area contributed by atoms with Gasteiger partial charge in [0.25, 0.3) is 5.56 Å². The summed E-state index contributed by atoms with van der Waals surface area (Å²) in [5.41, 5.74) is 2.92. The summed E-state index contributed by atoms with van der Waals surface area (Å²) in [7, 11) is 0. The van der Waals surface area contributed by atoms with Crippen molar-refractivity contribution in [2.45, 2.75) is 38.1 Å². The Morgan fingerprint density at radius 2 is 1.47 bits per heavy atom. The van der Waals surface area contributed by atoms with Crippen LogP contribution >= 0.6 is 0 Å². The number of hydrogen-bond acceptors (Lipinski definition) is 2. The highest BCUT2D eigenvalue weighted by Crippen LogP contribution is 2.21. The highest BCUT2D eigenvalue weighted by atomic mass is 35.5. The minimum Gasteiger partial charge on any atom is -1.00 e. The van der Waals surface area contributed by atoms with Crippen molar-refractivity contribution in [3.05, 3.63) is 112 Å². The number of nitrogens with one attached hydrogen (secondary N) is 1. The number of quaternary nitrogens is 1. The molecule has 36 heavy (non-hydrogen) atoms. The molecule has 4 nitrogen and oxygen atoms in total. The second-order valence-electron chi connectivity index (χ2n) is 9.51. The average molecular weight is 510 g/mol. The first kappa shape index (κ1) is 26.0. The zero-order chi connectivity index (χ0) is 24.2. The Balaban J connectivity index is 0.00000304. The first-order valence-corrected chi connectivity index (χ1v) is 12.4. The van der Waals surface area contributed by atoms with E-state index in [2.05, 4.69) is 0 Å². The molecular weight excluding hydrogens is 480 g/mol. The summed E-state index contributed by atoms with van der Waals surface area (Å²) < 4.78 is 28.3. The van der Waals surface area contributed by atoms with Crippen molar-refractivity contribution in [2.75, 3.05) is 19.6 Å². The van der Waals surface area contributed by atoms with E-state index in [0.717, 1.165) is 67.5 Å². The highest BCUT2D eigenvalue weighted by molar-refractivity contribution is 5.83. The van der Waals surface area contributed by atoms with Gasteiger partial charge in [-0.25, -0.2) is 13.5 Å². The van der Waals surface area contributed by atoms with Crippen LogP contribution in [0, 0.1) is 11.6 Å². The SMILES string of the molecule is O=c1c2ccccc2c(Cc2ccc(F)cc2)nn1C1CCC[NH+](CCc2ccc(F)cc2)CC1.[Cl-]. The van der Waals surface area contributed by atoms with E-state index >= 15 is 0 Å². The van der Waals surface area contributed by atoms with Crippen molar-refractivity contribution >= 4 is 10.8 Å². The van der Waals surface area contributed by atoms with Gasteiger partial charge in [-0.1, -0.05) is 42.5 Å². The van der Waals surface area contributed by atoms with Crippen LogP contribution in [0.4, 0.5) is 8.78 Å². The maximum atomic E-state index is 13.4. The molecule has 0 spiro atoms. The van der Waals surface area contributed by atoms with Crippen molar-refractivity contribution in [1.29, 1.82) is 0 Å². The number of benzene rings is 3. The third-order valence-corrected chi connectivity index (χ3v) is 7.11. The van der Waals surface area contributed by atoms with E-state index in [-0.39, 0.29) is 35.6 Å². The zero-order valence-corrected chi connectivity index (χ0v) is 20.9. The van der Waals surface area contributed by atoms with Gasteiger partial charge >= 0.3 is 0 Å². The molecule has 0 saturated carbocycles. The molecular formula is C29H30ClF2N3O. The Kier molecular flexibility index (Phi) is 8.49. The minimum atomic E-state index is -0.263. The Labute approximate surface area is 216 Å². The predicted octanol–water partition coefficient (Wildman–Crippen LogP) is 1.12. The second kappa shape index (κ2) is 11.8. The fourth-order valence-electron chi connectivity index (χ4n) is 5.14. The smallest absolute Gasteiger partial charge is 0.274 e. The van der Waals surface area contributed by atoms with Crippen molar-refractivity contribution in [2.24, 2.45) is 0 Å². The number of halogens is 3. The summed E-state index contributed by atoms with van der Waals surface area (Å²) in [5, 5.41) is 6.42. The first-order valence-electron chi connectivity index (χ1n) is 12.4. The van der Waals surface area contributed by atoms with Crippen LogP contribution in [0.5, 0.6) is 0 Å². The van der Waals surface area contributed by atoms with E-state index in [0.29, 0.717) is 11.8 Å². The molecule has 1 N–H and O–H groups in total. The van der Waals surface area contributed by atoms with Crippen molar-refractivity contribution in [1.82, 2.24) is 9.78 Å². The van der Waals surface area contributed by atoms with E-state index in [1.165, 1.54) is 29.2 Å². The molecule has 1 aliphatic rings. The van der Waals surface area contributed by atoms with Gasteiger partial charge in [-0.3, -0.25) is 4.79 Å². The van der Waals surface area contributed by atoms with Crippen LogP contribution in [-0.2, 0) is 12.8 Å². The lowest BCUT2D eigenvalue weighted by molar-refractivity contribution is -0.899. The van der Waals surface area contributed by atoms with E-state index in [1.54, 1.807) is 16.8 Å². The molecule has 1 fully saturated rings. The topological polar surface area (TPSA) is 39.3 Å². The molecule has 5 rings (SSSR count). The minimum absolute atomic E-state index is 0. The number of aromatic nitrogens is 2. The van der Waals surface area contributed by atoms with Crippen LogP contribution in [0.2, 0.25) is 0 Å². The molecule has 1 saturated heterocycles. The van der Waals surface area contributed by atoms with Gasteiger partial charge in [-0.2, -0.15) is 5.10 Å². The highest BCUT2D eigenvalue weighted by Gasteiger charge is 2.24. The Hall–Kier alpha value is -3.09. The Morgan fingerprint density at radius 1 is 0.833 bits per heavy atom. The summed E-state index contributed by atoms with van der Waals surface area (Å²) in [6.07, 6.45) is 4.29. The first-order chi connectivity index (χ1) is 17.1.